The lowest BCUT2D eigenvalue weighted by Crippen LogP contribution is -2.25. The number of rotatable bonds is 2. The van der Waals surface area contributed by atoms with Gasteiger partial charge in [0.2, 0.25) is 0 Å². The second-order valence-corrected chi connectivity index (χ2v) is 6.49. The fourth-order valence-corrected chi connectivity index (χ4v) is 1.53. The van der Waals surface area contributed by atoms with Crippen LogP contribution >= 0.6 is 15.9 Å². The van der Waals surface area contributed by atoms with Crippen molar-refractivity contribution in [2.45, 2.75) is 34.6 Å². The van der Waals surface area contributed by atoms with Gasteiger partial charge in [-0.1, -0.05) is 42.3 Å². The Morgan fingerprint density at radius 2 is 1.95 bits per heavy atom. The molecular formula is C15H21BrN2O. The second kappa shape index (κ2) is 6.24. The molecule has 0 saturated heterocycles. The SMILES string of the molecule is C/C(=C\NC(=O)Nc1ccc(Br)c(C)c1)C(C)(C)C. The first-order chi connectivity index (χ1) is 8.70. The van der Waals surface area contributed by atoms with E-state index in [-0.39, 0.29) is 11.4 Å². The summed E-state index contributed by atoms with van der Waals surface area (Å²) in [6.45, 7) is 10.3. The van der Waals surface area contributed by atoms with Crippen molar-refractivity contribution >= 4 is 27.6 Å². The molecule has 1 aromatic carbocycles. The van der Waals surface area contributed by atoms with E-state index in [0.29, 0.717) is 0 Å². The van der Waals surface area contributed by atoms with Crippen molar-refractivity contribution in [1.29, 1.82) is 0 Å². The third-order valence-electron chi connectivity index (χ3n) is 3.02. The van der Waals surface area contributed by atoms with Gasteiger partial charge >= 0.3 is 6.03 Å². The number of benzene rings is 1. The number of halogens is 1. The van der Waals surface area contributed by atoms with Crippen molar-refractivity contribution in [2.75, 3.05) is 5.32 Å². The summed E-state index contributed by atoms with van der Waals surface area (Å²) in [7, 11) is 0. The van der Waals surface area contributed by atoms with Crippen LogP contribution in [0.1, 0.15) is 33.3 Å². The molecule has 0 fully saturated rings. The van der Waals surface area contributed by atoms with Gasteiger partial charge in [0.25, 0.3) is 0 Å². The maximum atomic E-state index is 11.8. The molecular weight excluding hydrogens is 304 g/mol. The highest BCUT2D eigenvalue weighted by Gasteiger charge is 2.12. The number of allylic oxidation sites excluding steroid dienone is 1. The number of carbonyl (C=O) groups excluding carboxylic acids is 1. The first kappa shape index (κ1) is 15.8. The van der Waals surface area contributed by atoms with Crippen LogP contribution in [0, 0.1) is 12.3 Å². The minimum atomic E-state index is -0.231. The van der Waals surface area contributed by atoms with Gasteiger partial charge in [0.15, 0.2) is 0 Å². The average Bonchev–Trinajstić information content (AvgIpc) is 2.29. The summed E-state index contributed by atoms with van der Waals surface area (Å²) in [6.07, 6.45) is 1.75. The number of anilines is 1. The monoisotopic (exact) mass is 324 g/mol. The summed E-state index contributed by atoms with van der Waals surface area (Å²) in [6, 6.07) is 5.47. The summed E-state index contributed by atoms with van der Waals surface area (Å²) in [5, 5.41) is 5.55. The van der Waals surface area contributed by atoms with Gasteiger partial charge in [0, 0.05) is 16.4 Å². The molecule has 2 amide bonds. The van der Waals surface area contributed by atoms with Crippen molar-refractivity contribution in [1.82, 2.24) is 5.32 Å². The second-order valence-electron chi connectivity index (χ2n) is 5.64. The van der Waals surface area contributed by atoms with Gasteiger partial charge in [-0.15, -0.1) is 0 Å². The zero-order valence-electron chi connectivity index (χ0n) is 12.1. The molecule has 1 aromatic rings. The Morgan fingerprint density at radius 3 is 2.47 bits per heavy atom. The molecule has 2 N–H and O–H groups in total. The predicted octanol–water partition coefficient (Wildman–Crippen LogP) is 4.83. The van der Waals surface area contributed by atoms with Crippen LogP contribution in [-0.4, -0.2) is 6.03 Å². The maximum Gasteiger partial charge on any atom is 0.323 e. The van der Waals surface area contributed by atoms with E-state index in [2.05, 4.69) is 47.3 Å². The largest absolute Gasteiger partial charge is 0.323 e. The third-order valence-corrected chi connectivity index (χ3v) is 3.91. The number of aryl methyl sites for hydroxylation is 1. The topological polar surface area (TPSA) is 41.1 Å². The Morgan fingerprint density at radius 1 is 1.32 bits per heavy atom. The molecule has 0 atom stereocenters. The van der Waals surface area contributed by atoms with E-state index in [9.17, 15) is 4.79 Å². The number of hydrogen-bond acceptors (Lipinski definition) is 1. The zero-order valence-corrected chi connectivity index (χ0v) is 13.7. The van der Waals surface area contributed by atoms with Gasteiger partial charge in [-0.2, -0.15) is 0 Å². The maximum absolute atomic E-state index is 11.8. The lowest BCUT2D eigenvalue weighted by molar-refractivity contribution is 0.255. The van der Waals surface area contributed by atoms with E-state index < -0.39 is 0 Å². The Labute approximate surface area is 123 Å². The summed E-state index contributed by atoms with van der Waals surface area (Å²) < 4.78 is 1.03. The molecule has 104 valence electrons. The molecule has 0 aliphatic carbocycles. The van der Waals surface area contributed by atoms with E-state index in [1.807, 2.05) is 32.0 Å². The fourth-order valence-electron chi connectivity index (χ4n) is 1.28. The molecule has 4 heteroatoms. The van der Waals surface area contributed by atoms with Crippen molar-refractivity contribution in [3.8, 4) is 0 Å². The Kier molecular flexibility index (Phi) is 5.18. The molecule has 0 unspecified atom stereocenters. The molecule has 19 heavy (non-hydrogen) atoms. The number of nitrogens with one attached hydrogen (secondary N) is 2. The first-order valence-corrected chi connectivity index (χ1v) is 7.00. The number of hydrogen-bond donors (Lipinski definition) is 2. The van der Waals surface area contributed by atoms with Crippen LogP contribution in [0.3, 0.4) is 0 Å². The van der Waals surface area contributed by atoms with Crippen molar-refractivity contribution in [2.24, 2.45) is 5.41 Å². The van der Waals surface area contributed by atoms with Crippen LogP contribution in [0.5, 0.6) is 0 Å². The van der Waals surface area contributed by atoms with Gasteiger partial charge in [-0.3, -0.25) is 0 Å². The minimum Gasteiger partial charge on any atom is -0.314 e. The van der Waals surface area contributed by atoms with Crippen LogP contribution in [-0.2, 0) is 0 Å². The van der Waals surface area contributed by atoms with Crippen LogP contribution in [0.2, 0.25) is 0 Å². The fraction of sp³-hybridized carbons (Fsp3) is 0.400. The predicted molar refractivity (Wildman–Crippen MR) is 84.2 cm³/mol. The van der Waals surface area contributed by atoms with Gasteiger partial charge in [0.1, 0.15) is 0 Å². The van der Waals surface area contributed by atoms with Crippen molar-refractivity contribution < 1.29 is 4.79 Å². The molecule has 0 bridgehead atoms. The molecule has 0 radical (unpaired) electrons. The molecule has 1 rings (SSSR count). The molecule has 0 aliphatic heterocycles. The standard InChI is InChI=1S/C15H21BrN2O/c1-10-8-12(6-7-13(10)16)18-14(19)17-9-11(2)15(3,4)5/h6-9H,1-5H3,(H2,17,18,19)/b11-9+. The lowest BCUT2D eigenvalue weighted by Gasteiger charge is -2.19. The normalized spacial score (nSPS) is 12.2. The number of carbonyl (C=O) groups is 1. The Balaban J connectivity index is 2.63. The minimum absolute atomic E-state index is 0.0570. The molecule has 0 saturated carbocycles. The summed E-state index contributed by atoms with van der Waals surface area (Å²) >= 11 is 3.43. The third kappa shape index (κ3) is 5.07. The highest BCUT2D eigenvalue weighted by Crippen LogP contribution is 2.23. The molecule has 3 nitrogen and oxygen atoms in total. The smallest absolute Gasteiger partial charge is 0.314 e. The van der Waals surface area contributed by atoms with E-state index in [1.165, 1.54) is 0 Å². The number of urea groups is 1. The zero-order chi connectivity index (χ0) is 14.6. The molecule has 0 aliphatic rings. The van der Waals surface area contributed by atoms with Gasteiger partial charge in [-0.05, 0) is 43.0 Å². The van der Waals surface area contributed by atoms with Gasteiger partial charge < -0.3 is 10.6 Å². The quantitative estimate of drug-likeness (QED) is 0.803. The number of amides is 2. The van der Waals surface area contributed by atoms with Gasteiger partial charge in [0.05, 0.1) is 0 Å². The van der Waals surface area contributed by atoms with E-state index in [1.54, 1.807) is 6.20 Å². The van der Waals surface area contributed by atoms with Crippen LogP contribution in [0.15, 0.2) is 34.4 Å². The van der Waals surface area contributed by atoms with E-state index in [0.717, 1.165) is 21.3 Å². The van der Waals surface area contributed by atoms with Crippen molar-refractivity contribution in [3.63, 3.8) is 0 Å². The highest BCUT2D eigenvalue weighted by molar-refractivity contribution is 9.10. The van der Waals surface area contributed by atoms with E-state index in [4.69, 9.17) is 0 Å². The van der Waals surface area contributed by atoms with Crippen molar-refractivity contribution in [3.05, 3.63) is 40.0 Å². The Bertz CT molecular complexity index is 501. The highest BCUT2D eigenvalue weighted by atomic mass is 79.9. The Hall–Kier alpha value is -1.29. The molecule has 0 aromatic heterocycles. The van der Waals surface area contributed by atoms with Crippen LogP contribution < -0.4 is 10.6 Å². The first-order valence-electron chi connectivity index (χ1n) is 6.21. The van der Waals surface area contributed by atoms with Gasteiger partial charge in [-0.25, -0.2) is 4.79 Å². The summed E-state index contributed by atoms with van der Waals surface area (Å²) in [5.41, 5.74) is 3.04. The average molecular weight is 325 g/mol. The van der Waals surface area contributed by atoms with E-state index >= 15 is 0 Å². The molecule has 0 heterocycles. The lowest BCUT2D eigenvalue weighted by atomic mass is 9.88. The van der Waals surface area contributed by atoms with Crippen LogP contribution in [0.4, 0.5) is 10.5 Å². The summed E-state index contributed by atoms with van der Waals surface area (Å²) in [5.74, 6) is 0. The molecule has 0 spiro atoms. The summed E-state index contributed by atoms with van der Waals surface area (Å²) in [4.78, 5) is 11.8. The van der Waals surface area contributed by atoms with Crippen LogP contribution in [0.25, 0.3) is 0 Å².